The highest BCUT2D eigenvalue weighted by Crippen LogP contribution is 2.41. The van der Waals surface area contributed by atoms with Gasteiger partial charge in [0.2, 0.25) is 11.8 Å². The molecule has 174 valence electrons. The summed E-state index contributed by atoms with van der Waals surface area (Å²) in [7, 11) is 3.73. The second kappa shape index (κ2) is 8.57. The van der Waals surface area contributed by atoms with Gasteiger partial charge in [-0.2, -0.15) is 0 Å². The molecule has 1 saturated carbocycles. The molecule has 2 aliphatic rings. The second-order valence-electron chi connectivity index (χ2n) is 9.06. The zero-order valence-corrected chi connectivity index (χ0v) is 19.7. The van der Waals surface area contributed by atoms with Gasteiger partial charge in [0.15, 0.2) is 0 Å². The topological polar surface area (TPSA) is 81.5 Å². The smallest absolute Gasteiger partial charge is 0.241 e. The average molecular weight is 450 g/mol. The van der Waals surface area contributed by atoms with Crippen molar-refractivity contribution in [2.24, 2.45) is 5.92 Å². The molecule has 8 nitrogen and oxygen atoms in total. The molecule has 0 spiro atoms. The van der Waals surface area contributed by atoms with Gasteiger partial charge in [0, 0.05) is 44.1 Å². The molecule has 2 aromatic heterocycles. The number of hydrogen-bond donors (Lipinski definition) is 1. The number of fused-ring (bicyclic) bond motifs is 1. The third-order valence-corrected chi connectivity index (χ3v) is 6.79. The third-order valence-electron chi connectivity index (χ3n) is 6.79. The number of pyridine rings is 1. The molecule has 3 aromatic rings. The van der Waals surface area contributed by atoms with Crippen molar-refractivity contribution in [3.63, 3.8) is 0 Å². The first-order valence-electron chi connectivity index (χ1n) is 11.7. The Bertz CT molecular complexity index is 1190. The number of carbonyl (C=O) groups excluding carboxylic acids is 1. The van der Waals surface area contributed by atoms with E-state index >= 15 is 0 Å². The van der Waals surface area contributed by atoms with Gasteiger partial charge < -0.3 is 24.3 Å². The number of nitrogens with one attached hydrogen (secondary N) is 1. The number of rotatable bonds is 8. The number of carbonyl (C=O) groups is 1. The molecule has 0 bridgehead atoms. The molecular formula is C25H31N5O3. The van der Waals surface area contributed by atoms with Crippen molar-refractivity contribution in [3.05, 3.63) is 30.6 Å². The largest absolute Gasteiger partial charge is 0.495 e. The summed E-state index contributed by atoms with van der Waals surface area (Å²) in [5.41, 5.74) is 4.56. The van der Waals surface area contributed by atoms with Crippen LogP contribution in [0.4, 0.5) is 5.69 Å². The molecule has 3 heterocycles. The predicted octanol–water partition coefficient (Wildman–Crippen LogP) is 3.80. The maximum atomic E-state index is 11.7. The lowest BCUT2D eigenvalue weighted by atomic mass is 10.0. The number of nitrogens with zero attached hydrogens (tertiary/aromatic N) is 4. The van der Waals surface area contributed by atoms with Crippen molar-refractivity contribution in [2.45, 2.75) is 45.3 Å². The van der Waals surface area contributed by atoms with Gasteiger partial charge in [0.25, 0.3) is 0 Å². The standard InChI is InChI=1S/C25H31N5O3/c1-5-29(3)21-9-6-16(10-22(21)32-4)19-12-20-24(30(14-27-20)18-7-8-18)25(28-19)33-15(2)17-11-23(31)26-13-17/h6,9-10,12,14-15,17-18H,5,7-8,11,13H2,1-4H3,(H,26,31). The Labute approximate surface area is 193 Å². The summed E-state index contributed by atoms with van der Waals surface area (Å²) in [4.78, 5) is 23.5. The highest BCUT2D eigenvalue weighted by molar-refractivity contribution is 5.85. The van der Waals surface area contributed by atoms with Gasteiger partial charge in [-0.05, 0) is 44.9 Å². The number of amides is 1. The SMILES string of the molecule is CCN(C)c1ccc(-c2cc3ncn(C4CC4)c3c(OC(C)C3CNC(=O)C3)n2)cc1OC. The Balaban J connectivity index is 1.56. The molecule has 0 radical (unpaired) electrons. The van der Waals surface area contributed by atoms with E-state index in [-0.39, 0.29) is 17.9 Å². The zero-order chi connectivity index (χ0) is 23.1. The van der Waals surface area contributed by atoms with Gasteiger partial charge >= 0.3 is 0 Å². The first-order chi connectivity index (χ1) is 16.0. The number of anilines is 1. The molecule has 33 heavy (non-hydrogen) atoms. The highest BCUT2D eigenvalue weighted by atomic mass is 16.5. The fraction of sp³-hybridized carbons (Fsp3) is 0.480. The summed E-state index contributed by atoms with van der Waals surface area (Å²) < 4.78 is 14.3. The van der Waals surface area contributed by atoms with Crippen LogP contribution in [0.25, 0.3) is 22.3 Å². The summed E-state index contributed by atoms with van der Waals surface area (Å²) >= 11 is 0. The van der Waals surface area contributed by atoms with Gasteiger partial charge in [0.05, 0.1) is 30.3 Å². The van der Waals surface area contributed by atoms with E-state index < -0.39 is 0 Å². The van der Waals surface area contributed by atoms with Crippen LogP contribution < -0.4 is 19.7 Å². The van der Waals surface area contributed by atoms with Gasteiger partial charge in [0.1, 0.15) is 17.4 Å². The molecule has 1 aliphatic carbocycles. The van der Waals surface area contributed by atoms with Gasteiger partial charge in [-0.15, -0.1) is 0 Å². The second-order valence-corrected chi connectivity index (χ2v) is 9.06. The zero-order valence-electron chi connectivity index (χ0n) is 19.7. The van der Waals surface area contributed by atoms with Crippen molar-refractivity contribution < 1.29 is 14.3 Å². The fourth-order valence-electron chi connectivity index (χ4n) is 4.44. The van der Waals surface area contributed by atoms with Gasteiger partial charge in [-0.3, -0.25) is 4.79 Å². The molecule has 5 rings (SSSR count). The molecule has 1 amide bonds. The molecule has 1 aliphatic heterocycles. The lowest BCUT2D eigenvalue weighted by Crippen LogP contribution is -2.26. The van der Waals surface area contributed by atoms with Crippen molar-refractivity contribution in [2.75, 3.05) is 32.1 Å². The van der Waals surface area contributed by atoms with Crippen LogP contribution in [0.3, 0.4) is 0 Å². The molecule has 8 heteroatoms. The average Bonchev–Trinajstić information content (AvgIpc) is 3.43. The van der Waals surface area contributed by atoms with E-state index in [1.54, 1.807) is 7.11 Å². The number of hydrogen-bond acceptors (Lipinski definition) is 6. The van der Waals surface area contributed by atoms with Crippen molar-refractivity contribution in [1.82, 2.24) is 19.9 Å². The predicted molar refractivity (Wildman–Crippen MR) is 128 cm³/mol. The van der Waals surface area contributed by atoms with Crippen LogP contribution in [0.15, 0.2) is 30.6 Å². The van der Waals surface area contributed by atoms with E-state index in [1.165, 1.54) is 0 Å². The summed E-state index contributed by atoms with van der Waals surface area (Å²) in [6, 6.07) is 8.61. The van der Waals surface area contributed by atoms with Gasteiger partial charge in [-0.25, -0.2) is 9.97 Å². The Kier molecular flexibility index (Phi) is 5.60. The molecule has 1 saturated heterocycles. The van der Waals surface area contributed by atoms with E-state index in [0.717, 1.165) is 53.1 Å². The van der Waals surface area contributed by atoms with Crippen molar-refractivity contribution >= 4 is 22.6 Å². The van der Waals surface area contributed by atoms with Gasteiger partial charge in [-0.1, -0.05) is 6.07 Å². The summed E-state index contributed by atoms with van der Waals surface area (Å²) in [5.74, 6) is 1.58. The molecular weight excluding hydrogens is 418 g/mol. The maximum absolute atomic E-state index is 11.7. The lowest BCUT2D eigenvalue weighted by molar-refractivity contribution is -0.119. The van der Waals surface area contributed by atoms with Crippen molar-refractivity contribution in [1.29, 1.82) is 0 Å². The van der Waals surface area contributed by atoms with Crippen LogP contribution in [0.5, 0.6) is 11.6 Å². The lowest BCUT2D eigenvalue weighted by Gasteiger charge is -2.21. The third kappa shape index (κ3) is 4.10. The first kappa shape index (κ1) is 21.6. The summed E-state index contributed by atoms with van der Waals surface area (Å²) in [6.07, 6.45) is 4.52. The molecule has 1 aromatic carbocycles. The number of methoxy groups -OCH3 is 1. The molecule has 2 atom stereocenters. The number of imidazole rings is 1. The minimum atomic E-state index is -0.146. The van der Waals surface area contributed by atoms with Crippen LogP contribution in [-0.2, 0) is 4.79 Å². The van der Waals surface area contributed by atoms with Crippen molar-refractivity contribution in [3.8, 4) is 22.9 Å². The van der Waals surface area contributed by atoms with E-state index in [4.69, 9.17) is 14.5 Å². The minimum absolute atomic E-state index is 0.0783. The monoisotopic (exact) mass is 449 g/mol. The maximum Gasteiger partial charge on any atom is 0.241 e. The molecule has 2 unspecified atom stereocenters. The van der Waals surface area contributed by atoms with E-state index in [1.807, 2.05) is 32.4 Å². The Morgan fingerprint density at radius 3 is 2.79 bits per heavy atom. The van der Waals surface area contributed by atoms with E-state index in [0.29, 0.717) is 24.9 Å². The number of benzene rings is 1. The van der Waals surface area contributed by atoms with Crippen LogP contribution in [0.1, 0.15) is 39.2 Å². The summed E-state index contributed by atoms with van der Waals surface area (Å²) in [5, 5.41) is 2.90. The van der Waals surface area contributed by atoms with Crippen LogP contribution >= 0.6 is 0 Å². The normalized spacial score (nSPS) is 18.9. The highest BCUT2D eigenvalue weighted by Gasteiger charge is 2.31. The number of aromatic nitrogens is 3. The fourth-order valence-corrected chi connectivity index (χ4v) is 4.44. The van der Waals surface area contributed by atoms with E-state index in [2.05, 4.69) is 38.8 Å². The molecule has 1 N–H and O–H groups in total. The Hall–Kier alpha value is -3.29. The minimum Gasteiger partial charge on any atom is -0.495 e. The Morgan fingerprint density at radius 2 is 2.12 bits per heavy atom. The molecule has 2 fully saturated rings. The first-order valence-corrected chi connectivity index (χ1v) is 11.7. The Morgan fingerprint density at radius 1 is 1.30 bits per heavy atom. The van der Waals surface area contributed by atoms with Crippen LogP contribution in [-0.4, -0.2) is 53.8 Å². The van der Waals surface area contributed by atoms with E-state index in [9.17, 15) is 4.79 Å². The number of ether oxygens (including phenoxy) is 2. The summed E-state index contributed by atoms with van der Waals surface area (Å²) in [6.45, 7) is 5.64. The van der Waals surface area contributed by atoms with Crippen LogP contribution in [0, 0.1) is 5.92 Å². The quantitative estimate of drug-likeness (QED) is 0.563. The van der Waals surface area contributed by atoms with Crippen LogP contribution in [0.2, 0.25) is 0 Å².